The van der Waals surface area contributed by atoms with Crippen LogP contribution in [0.15, 0.2) is 47.6 Å². The molecule has 0 bridgehead atoms. The third-order valence-corrected chi connectivity index (χ3v) is 7.65. The van der Waals surface area contributed by atoms with Crippen LogP contribution in [0.3, 0.4) is 0 Å². The largest absolute Gasteiger partial charge is 0.356 e. The molecule has 2 N–H and O–H groups in total. The van der Waals surface area contributed by atoms with Crippen molar-refractivity contribution in [2.45, 2.75) is 57.9 Å². The molecule has 35 heavy (non-hydrogen) atoms. The van der Waals surface area contributed by atoms with Gasteiger partial charge in [-0.3, -0.25) is 14.4 Å². The zero-order valence-electron chi connectivity index (χ0n) is 20.5. The zero-order chi connectivity index (χ0) is 24.8. The van der Waals surface area contributed by atoms with Gasteiger partial charge < -0.3 is 20.4 Å². The van der Waals surface area contributed by atoms with Crippen molar-refractivity contribution in [3.63, 3.8) is 0 Å². The zero-order valence-corrected chi connectivity index (χ0v) is 21.3. The van der Waals surface area contributed by atoms with Gasteiger partial charge in [0.15, 0.2) is 0 Å². The predicted octanol–water partition coefficient (Wildman–Crippen LogP) is 4.31. The van der Waals surface area contributed by atoms with Crippen LogP contribution < -0.4 is 15.5 Å². The number of anilines is 1. The van der Waals surface area contributed by atoms with Crippen molar-refractivity contribution in [1.29, 1.82) is 0 Å². The Labute approximate surface area is 211 Å². The number of rotatable bonds is 8. The van der Waals surface area contributed by atoms with Crippen molar-refractivity contribution in [3.8, 4) is 0 Å². The van der Waals surface area contributed by atoms with Crippen LogP contribution in [-0.2, 0) is 11.2 Å². The number of carbonyl (C=O) groups is 3. The Morgan fingerprint density at radius 3 is 2.66 bits per heavy atom. The summed E-state index contributed by atoms with van der Waals surface area (Å²) in [6.07, 6.45) is 9.13. The molecule has 1 fully saturated rings. The molecule has 0 atom stereocenters. The second kappa shape index (κ2) is 11.5. The van der Waals surface area contributed by atoms with E-state index in [0.29, 0.717) is 36.0 Å². The van der Waals surface area contributed by atoms with Crippen LogP contribution in [0, 0.1) is 0 Å². The molecule has 0 saturated heterocycles. The molecule has 2 aromatic rings. The van der Waals surface area contributed by atoms with E-state index in [1.807, 2.05) is 47.7 Å². The lowest BCUT2D eigenvalue weighted by atomic mass is 9.93. The smallest absolute Gasteiger partial charge is 0.266 e. The summed E-state index contributed by atoms with van der Waals surface area (Å²) in [4.78, 5) is 41.9. The number of hydrogen-bond acceptors (Lipinski definition) is 5. The molecular formula is C27H34N4O3S. The summed E-state index contributed by atoms with van der Waals surface area (Å²) >= 11 is 1.40. The highest BCUT2D eigenvalue weighted by Crippen LogP contribution is 2.31. The summed E-state index contributed by atoms with van der Waals surface area (Å²) in [6, 6.07) is 9.85. The maximum absolute atomic E-state index is 13.2. The predicted molar refractivity (Wildman–Crippen MR) is 140 cm³/mol. The van der Waals surface area contributed by atoms with E-state index in [-0.39, 0.29) is 17.7 Å². The van der Waals surface area contributed by atoms with E-state index in [4.69, 9.17) is 0 Å². The molecule has 1 aromatic carbocycles. The fourth-order valence-corrected chi connectivity index (χ4v) is 5.50. The van der Waals surface area contributed by atoms with Crippen molar-refractivity contribution in [1.82, 2.24) is 15.5 Å². The van der Waals surface area contributed by atoms with Crippen LogP contribution >= 0.6 is 11.3 Å². The molecule has 1 saturated carbocycles. The normalized spacial score (nSPS) is 15.7. The standard InChI is InChI=1S/C27H34N4O3S/c1-19(32)28-15-7-16-31-23-13-11-21(27(34)30(2)22-8-4-3-5-9-22)18-20(23)12-14-25(31)29-26(33)24-10-6-17-35-24/h6,10-11,13-14,17-18,22H,3-5,7-9,12,15-16H2,1-2H3,(H,28,32)(H,29,33). The third-order valence-electron chi connectivity index (χ3n) is 6.79. The molecule has 0 spiro atoms. The molecule has 8 heteroatoms. The van der Waals surface area contributed by atoms with E-state index in [1.54, 1.807) is 6.07 Å². The topological polar surface area (TPSA) is 81.8 Å². The van der Waals surface area contributed by atoms with Gasteiger partial charge in [0, 0.05) is 44.4 Å². The summed E-state index contributed by atoms with van der Waals surface area (Å²) in [5, 5.41) is 7.77. The summed E-state index contributed by atoms with van der Waals surface area (Å²) in [6.45, 7) is 2.68. The van der Waals surface area contributed by atoms with Gasteiger partial charge in [-0.1, -0.05) is 25.3 Å². The second-order valence-corrected chi connectivity index (χ2v) is 10.2. The minimum atomic E-state index is -0.137. The molecular weight excluding hydrogens is 460 g/mol. The Morgan fingerprint density at radius 1 is 1.14 bits per heavy atom. The van der Waals surface area contributed by atoms with E-state index in [1.165, 1.54) is 37.5 Å². The van der Waals surface area contributed by atoms with Crippen molar-refractivity contribution < 1.29 is 14.4 Å². The number of benzene rings is 1. The Balaban J connectivity index is 1.52. The first-order valence-corrected chi connectivity index (χ1v) is 13.3. The Morgan fingerprint density at radius 2 is 1.94 bits per heavy atom. The maximum Gasteiger partial charge on any atom is 0.266 e. The lowest BCUT2D eigenvalue weighted by Crippen LogP contribution is -2.39. The molecule has 1 aliphatic carbocycles. The summed E-state index contributed by atoms with van der Waals surface area (Å²) in [5.41, 5.74) is 2.74. The molecule has 7 nitrogen and oxygen atoms in total. The van der Waals surface area contributed by atoms with Crippen molar-refractivity contribution >= 4 is 34.7 Å². The molecule has 186 valence electrons. The van der Waals surface area contributed by atoms with Gasteiger partial charge in [-0.2, -0.15) is 0 Å². The van der Waals surface area contributed by atoms with Gasteiger partial charge in [-0.15, -0.1) is 11.3 Å². The van der Waals surface area contributed by atoms with Crippen LogP contribution in [0.25, 0.3) is 0 Å². The Bertz CT molecular complexity index is 1090. The summed E-state index contributed by atoms with van der Waals surface area (Å²) in [5.74, 6) is 0.605. The number of nitrogens with zero attached hydrogens (tertiary/aromatic N) is 2. The minimum Gasteiger partial charge on any atom is -0.356 e. The number of hydrogen-bond donors (Lipinski definition) is 2. The monoisotopic (exact) mass is 494 g/mol. The van der Waals surface area contributed by atoms with Gasteiger partial charge in [0.05, 0.1) is 4.88 Å². The average Bonchev–Trinajstić information content (AvgIpc) is 3.42. The van der Waals surface area contributed by atoms with Crippen LogP contribution in [0.2, 0.25) is 0 Å². The number of nitrogens with one attached hydrogen (secondary N) is 2. The summed E-state index contributed by atoms with van der Waals surface area (Å²) in [7, 11) is 1.92. The van der Waals surface area contributed by atoms with Gasteiger partial charge >= 0.3 is 0 Å². The number of thiophene rings is 1. The van der Waals surface area contributed by atoms with Gasteiger partial charge in [-0.05, 0) is 67.0 Å². The second-order valence-electron chi connectivity index (χ2n) is 9.26. The lowest BCUT2D eigenvalue weighted by molar-refractivity contribution is -0.118. The molecule has 2 heterocycles. The highest BCUT2D eigenvalue weighted by atomic mass is 32.1. The van der Waals surface area contributed by atoms with Gasteiger partial charge in [0.25, 0.3) is 11.8 Å². The first-order chi connectivity index (χ1) is 16.9. The first kappa shape index (κ1) is 25.0. The average molecular weight is 495 g/mol. The molecule has 1 aliphatic heterocycles. The lowest BCUT2D eigenvalue weighted by Gasteiger charge is -2.34. The number of fused-ring (bicyclic) bond motifs is 1. The van der Waals surface area contributed by atoms with E-state index in [9.17, 15) is 14.4 Å². The molecule has 0 unspecified atom stereocenters. The minimum absolute atomic E-state index is 0.0592. The van der Waals surface area contributed by atoms with Crippen molar-refractivity contribution in [2.75, 3.05) is 25.0 Å². The van der Waals surface area contributed by atoms with Crippen LogP contribution in [0.5, 0.6) is 0 Å². The van der Waals surface area contributed by atoms with Gasteiger partial charge in [-0.25, -0.2) is 0 Å². The van der Waals surface area contributed by atoms with E-state index >= 15 is 0 Å². The fourth-order valence-electron chi connectivity index (χ4n) is 4.88. The van der Waals surface area contributed by atoms with Crippen LogP contribution in [0.1, 0.15) is 71.0 Å². The van der Waals surface area contributed by atoms with E-state index in [0.717, 1.165) is 36.3 Å². The van der Waals surface area contributed by atoms with Crippen molar-refractivity contribution in [2.24, 2.45) is 0 Å². The fraction of sp³-hybridized carbons (Fsp3) is 0.444. The third kappa shape index (κ3) is 6.11. The van der Waals surface area contributed by atoms with E-state index in [2.05, 4.69) is 15.5 Å². The first-order valence-electron chi connectivity index (χ1n) is 12.4. The maximum atomic E-state index is 13.2. The summed E-state index contributed by atoms with van der Waals surface area (Å²) < 4.78 is 0. The van der Waals surface area contributed by atoms with Crippen LogP contribution in [-0.4, -0.2) is 48.8 Å². The van der Waals surface area contributed by atoms with Crippen molar-refractivity contribution in [3.05, 3.63) is 63.6 Å². The molecule has 1 aromatic heterocycles. The number of carbonyl (C=O) groups excluding carboxylic acids is 3. The number of allylic oxidation sites excluding steroid dienone is 1. The molecule has 0 radical (unpaired) electrons. The van der Waals surface area contributed by atoms with Gasteiger partial charge in [0.2, 0.25) is 5.91 Å². The Hall–Kier alpha value is -3.13. The van der Waals surface area contributed by atoms with E-state index < -0.39 is 0 Å². The number of amides is 3. The molecule has 4 rings (SSSR count). The Kier molecular flexibility index (Phi) is 8.23. The highest BCUT2D eigenvalue weighted by molar-refractivity contribution is 7.12. The quantitative estimate of drug-likeness (QED) is 0.536. The SMILES string of the molecule is CC(=O)NCCCN1C(NC(=O)c2cccs2)=CCc2cc(C(=O)N(C)C3CCCCC3)ccc21. The molecule has 2 aliphatic rings. The van der Waals surface area contributed by atoms with Crippen LogP contribution in [0.4, 0.5) is 5.69 Å². The van der Waals surface area contributed by atoms with Gasteiger partial charge in [0.1, 0.15) is 5.82 Å². The highest BCUT2D eigenvalue weighted by Gasteiger charge is 2.26. The molecule has 3 amide bonds.